The second-order valence-corrected chi connectivity index (χ2v) is 12.1. The van der Waals surface area contributed by atoms with Crippen molar-refractivity contribution < 1.29 is 19.1 Å². The lowest BCUT2D eigenvalue weighted by atomic mass is 9.99. The highest BCUT2D eigenvalue weighted by molar-refractivity contribution is 6.00. The van der Waals surface area contributed by atoms with Crippen LogP contribution in [0.1, 0.15) is 48.8 Å². The van der Waals surface area contributed by atoms with E-state index in [1.165, 1.54) is 0 Å². The Bertz CT molecular complexity index is 1420. The summed E-state index contributed by atoms with van der Waals surface area (Å²) in [6, 6.07) is 14.1. The van der Waals surface area contributed by atoms with Crippen molar-refractivity contribution in [1.82, 2.24) is 25.2 Å². The molecule has 0 saturated carbocycles. The van der Waals surface area contributed by atoms with Crippen LogP contribution >= 0.6 is 0 Å². The van der Waals surface area contributed by atoms with E-state index in [0.717, 1.165) is 43.9 Å². The first kappa shape index (κ1) is 29.9. The molecule has 0 atom stereocenters. The van der Waals surface area contributed by atoms with Gasteiger partial charge in [0.25, 0.3) is 5.91 Å². The predicted molar refractivity (Wildman–Crippen MR) is 168 cm³/mol. The number of hydrogen-bond acceptors (Lipinski definition) is 9. The van der Waals surface area contributed by atoms with Crippen molar-refractivity contribution in [1.29, 1.82) is 0 Å². The zero-order valence-corrected chi connectivity index (χ0v) is 25.3. The van der Waals surface area contributed by atoms with Gasteiger partial charge in [-0.15, -0.1) is 0 Å². The van der Waals surface area contributed by atoms with Crippen molar-refractivity contribution in [2.75, 3.05) is 74.7 Å². The quantitative estimate of drug-likeness (QED) is 0.387. The number of aromatic nitrogens is 3. The number of piperazine rings is 1. The largest absolute Gasteiger partial charge is 0.381 e. The van der Waals surface area contributed by atoms with E-state index in [4.69, 9.17) is 24.4 Å². The molecule has 0 aliphatic carbocycles. The maximum absolute atomic E-state index is 13.0. The van der Waals surface area contributed by atoms with Gasteiger partial charge in [-0.2, -0.15) is 9.97 Å². The summed E-state index contributed by atoms with van der Waals surface area (Å²) in [4.78, 5) is 44.2. The highest BCUT2D eigenvalue weighted by Crippen LogP contribution is 2.28. The monoisotopic (exact) mass is 600 g/mol. The van der Waals surface area contributed by atoms with E-state index in [-0.39, 0.29) is 23.4 Å². The predicted octanol–water partition coefficient (Wildman–Crippen LogP) is 3.74. The molecule has 6 rings (SSSR count). The smallest absolute Gasteiger partial charge is 0.323 e. The number of nitrogens with one attached hydrogen (secondary N) is 3. The minimum absolute atomic E-state index is 0.00853. The molecule has 3 aromatic rings. The van der Waals surface area contributed by atoms with Gasteiger partial charge in [0.2, 0.25) is 5.95 Å². The van der Waals surface area contributed by atoms with Gasteiger partial charge in [-0.1, -0.05) is 0 Å². The lowest BCUT2D eigenvalue weighted by Gasteiger charge is -2.39. The highest BCUT2D eigenvalue weighted by Gasteiger charge is 2.29. The summed E-state index contributed by atoms with van der Waals surface area (Å²) in [5.41, 5.74) is 2.55. The molecule has 232 valence electrons. The number of carbonyl (C=O) groups excluding carboxylic acids is 2. The Hall–Kier alpha value is -4.13. The lowest BCUT2D eigenvalue weighted by molar-refractivity contribution is 0.0652. The summed E-state index contributed by atoms with van der Waals surface area (Å²) in [5.74, 6) is 2.30. The fourth-order valence-electron chi connectivity index (χ4n) is 5.74. The van der Waals surface area contributed by atoms with Gasteiger partial charge in [-0.3, -0.25) is 4.79 Å². The highest BCUT2D eigenvalue weighted by atomic mass is 16.5. The molecule has 1 aromatic heterocycles. The van der Waals surface area contributed by atoms with E-state index < -0.39 is 0 Å². The third-order valence-electron chi connectivity index (χ3n) is 8.17. The van der Waals surface area contributed by atoms with E-state index in [9.17, 15) is 9.59 Å². The van der Waals surface area contributed by atoms with Crippen LogP contribution in [0, 0.1) is 0 Å². The maximum Gasteiger partial charge on any atom is 0.323 e. The van der Waals surface area contributed by atoms with Crippen LogP contribution < -0.4 is 20.9 Å². The Morgan fingerprint density at radius 3 is 2.14 bits per heavy atom. The number of nitrogens with zero attached hydrogens (tertiary/aromatic N) is 5. The number of ether oxygens (including phenoxy) is 2. The zero-order chi connectivity index (χ0) is 30.5. The Labute approximate surface area is 257 Å². The van der Waals surface area contributed by atoms with Crippen molar-refractivity contribution >= 4 is 29.3 Å². The van der Waals surface area contributed by atoms with Gasteiger partial charge in [0.1, 0.15) is 5.82 Å². The van der Waals surface area contributed by atoms with Crippen molar-refractivity contribution in [2.45, 2.75) is 38.1 Å². The average molecular weight is 601 g/mol. The topological polar surface area (TPSA) is 134 Å². The molecule has 3 saturated heterocycles. The molecule has 3 aliphatic rings. The van der Waals surface area contributed by atoms with Crippen molar-refractivity contribution in [3.05, 3.63) is 59.9 Å². The number of urea groups is 1. The SMILES string of the molecule is CC1(C)CN(C(=O)c2ccc(NC(=O)Nc3ccc(-c4nc(C5CCOCC5)nc(N5CCOCC5)n4)cc3)cc2)CCN1. The van der Waals surface area contributed by atoms with E-state index >= 15 is 0 Å². The van der Waals surface area contributed by atoms with Crippen molar-refractivity contribution in [2.24, 2.45) is 0 Å². The van der Waals surface area contributed by atoms with E-state index in [1.807, 2.05) is 29.2 Å². The number of anilines is 3. The normalized spacial score (nSPS) is 19.0. The molecule has 0 radical (unpaired) electrons. The lowest BCUT2D eigenvalue weighted by Crippen LogP contribution is -2.58. The molecule has 4 heterocycles. The fraction of sp³-hybridized carbons (Fsp3) is 0.469. The minimum atomic E-state index is -0.378. The Morgan fingerprint density at radius 1 is 0.841 bits per heavy atom. The summed E-state index contributed by atoms with van der Waals surface area (Å²) >= 11 is 0. The summed E-state index contributed by atoms with van der Waals surface area (Å²) in [5, 5.41) is 9.13. The van der Waals surface area contributed by atoms with Gasteiger partial charge in [0, 0.05) is 79.9 Å². The van der Waals surface area contributed by atoms with Crippen LogP contribution in [0.2, 0.25) is 0 Å². The first-order valence-electron chi connectivity index (χ1n) is 15.3. The van der Waals surface area contributed by atoms with Crippen molar-refractivity contribution in [3.8, 4) is 11.4 Å². The molecule has 3 aliphatic heterocycles. The Balaban J connectivity index is 1.10. The molecule has 0 spiro atoms. The van der Waals surface area contributed by atoms with E-state index in [2.05, 4.69) is 34.7 Å². The second-order valence-electron chi connectivity index (χ2n) is 12.1. The molecule has 2 aromatic carbocycles. The van der Waals surface area contributed by atoms with Crippen LogP contribution in [-0.4, -0.2) is 96.5 Å². The average Bonchev–Trinajstić information content (AvgIpc) is 3.05. The van der Waals surface area contributed by atoms with Gasteiger partial charge >= 0.3 is 6.03 Å². The van der Waals surface area contributed by atoms with Gasteiger partial charge in [0.05, 0.1) is 13.2 Å². The maximum atomic E-state index is 13.0. The van der Waals surface area contributed by atoms with Crippen LogP contribution in [0.3, 0.4) is 0 Å². The number of morpholine rings is 1. The number of amides is 3. The van der Waals surface area contributed by atoms with Crippen LogP contribution in [0.4, 0.5) is 22.1 Å². The number of carbonyl (C=O) groups is 2. The van der Waals surface area contributed by atoms with Crippen LogP contribution in [0.25, 0.3) is 11.4 Å². The van der Waals surface area contributed by atoms with Crippen molar-refractivity contribution in [3.63, 3.8) is 0 Å². The first-order chi connectivity index (χ1) is 21.3. The van der Waals surface area contributed by atoms with Crippen LogP contribution in [-0.2, 0) is 9.47 Å². The molecular formula is C32H40N8O4. The molecule has 12 heteroatoms. The Kier molecular flexibility index (Phi) is 9.01. The third-order valence-corrected chi connectivity index (χ3v) is 8.17. The Morgan fingerprint density at radius 2 is 1.48 bits per heavy atom. The minimum Gasteiger partial charge on any atom is -0.381 e. The van der Waals surface area contributed by atoms with Crippen LogP contribution in [0.5, 0.6) is 0 Å². The summed E-state index contributed by atoms with van der Waals surface area (Å²) < 4.78 is 11.1. The standard InChI is InChI=1S/C32H40N8O4/c1-32(2)21-40(14-13-33-32)29(41)24-5-9-26(10-6-24)35-31(42)34-25-7-3-22(4-8-25)27-36-28(23-11-17-43-18-12-23)38-30(37-27)39-15-19-44-20-16-39/h3-10,23,33H,11-21H2,1-2H3,(H2,34,35,42). The zero-order valence-electron chi connectivity index (χ0n) is 25.3. The molecule has 0 bridgehead atoms. The fourth-order valence-corrected chi connectivity index (χ4v) is 5.74. The first-order valence-corrected chi connectivity index (χ1v) is 15.3. The molecule has 0 unspecified atom stereocenters. The van der Waals surface area contributed by atoms with Crippen LogP contribution in [0.15, 0.2) is 48.5 Å². The van der Waals surface area contributed by atoms with Gasteiger partial charge in [-0.25, -0.2) is 9.78 Å². The third kappa shape index (κ3) is 7.32. The summed E-state index contributed by atoms with van der Waals surface area (Å²) in [6.07, 6.45) is 1.77. The molecule has 3 fully saturated rings. The molecule has 12 nitrogen and oxygen atoms in total. The molecule has 3 amide bonds. The second kappa shape index (κ2) is 13.2. The number of rotatable bonds is 6. The van der Waals surface area contributed by atoms with E-state index in [1.54, 1.807) is 24.3 Å². The molecule has 3 N–H and O–H groups in total. The summed E-state index contributed by atoms with van der Waals surface area (Å²) in [6.45, 7) is 10.4. The van der Waals surface area contributed by atoms with E-state index in [0.29, 0.717) is 68.2 Å². The number of benzene rings is 2. The summed E-state index contributed by atoms with van der Waals surface area (Å²) in [7, 11) is 0. The van der Waals surface area contributed by atoms with Gasteiger partial charge in [0.15, 0.2) is 5.82 Å². The van der Waals surface area contributed by atoms with Gasteiger partial charge in [-0.05, 0) is 75.2 Å². The van der Waals surface area contributed by atoms with Gasteiger partial charge < -0.3 is 35.2 Å². The molecule has 44 heavy (non-hydrogen) atoms. The number of hydrogen-bond donors (Lipinski definition) is 3. The molecular weight excluding hydrogens is 560 g/mol.